The van der Waals surface area contributed by atoms with Gasteiger partial charge in [0.05, 0.1) is 18.1 Å². The summed E-state index contributed by atoms with van der Waals surface area (Å²) in [6.45, 7) is 0. The lowest BCUT2D eigenvalue weighted by atomic mass is 10.2. The van der Waals surface area contributed by atoms with Gasteiger partial charge in [0.1, 0.15) is 5.69 Å². The Morgan fingerprint density at radius 3 is 2.78 bits per heavy atom. The zero-order chi connectivity index (χ0) is 12.4. The second-order valence-corrected chi connectivity index (χ2v) is 3.56. The maximum Gasteiger partial charge on any atom is 0.250 e. The minimum absolute atomic E-state index is 0.412. The number of rotatable bonds is 3. The van der Waals surface area contributed by atoms with E-state index in [4.69, 9.17) is 4.42 Å². The molecule has 0 radical (unpaired) electrons. The monoisotopic (exact) mass is 240 g/mol. The molecule has 0 aliphatic heterocycles. The predicted molar refractivity (Wildman–Crippen MR) is 62.2 cm³/mol. The molecule has 0 aliphatic carbocycles. The number of hydrogen-bond acceptors (Lipinski definition) is 5. The van der Waals surface area contributed by atoms with Crippen LogP contribution in [-0.2, 0) is 0 Å². The van der Waals surface area contributed by atoms with Gasteiger partial charge in [-0.2, -0.15) is 5.10 Å². The second-order valence-electron chi connectivity index (χ2n) is 3.56. The molecular formula is C12H8N4O2. The van der Waals surface area contributed by atoms with Crippen molar-refractivity contribution in [2.75, 3.05) is 0 Å². The van der Waals surface area contributed by atoms with Gasteiger partial charge >= 0.3 is 0 Å². The minimum Gasteiger partial charge on any atom is -0.472 e. The van der Waals surface area contributed by atoms with Gasteiger partial charge in [-0.1, -0.05) is 0 Å². The summed E-state index contributed by atoms with van der Waals surface area (Å²) in [4.78, 5) is 19.2. The summed E-state index contributed by atoms with van der Waals surface area (Å²) in [5, 5.41) is 4.29. The molecule has 0 atom stereocenters. The van der Waals surface area contributed by atoms with E-state index in [1.807, 2.05) is 0 Å². The number of carbonyl (C=O) groups is 1. The fourth-order valence-corrected chi connectivity index (χ4v) is 1.61. The Balaban J connectivity index is 2.12. The fourth-order valence-electron chi connectivity index (χ4n) is 1.61. The van der Waals surface area contributed by atoms with Crippen LogP contribution in [0.2, 0.25) is 0 Å². The zero-order valence-corrected chi connectivity index (χ0v) is 9.22. The van der Waals surface area contributed by atoms with Crippen LogP contribution < -0.4 is 0 Å². The predicted octanol–water partition coefficient (Wildman–Crippen LogP) is 1.73. The molecule has 0 aromatic carbocycles. The largest absolute Gasteiger partial charge is 0.472 e. The molecule has 6 heteroatoms. The first-order valence-corrected chi connectivity index (χ1v) is 5.23. The van der Waals surface area contributed by atoms with Crippen LogP contribution in [0.15, 0.2) is 47.7 Å². The molecule has 0 saturated carbocycles. The molecule has 0 spiro atoms. The van der Waals surface area contributed by atoms with Crippen LogP contribution in [0.4, 0.5) is 0 Å². The van der Waals surface area contributed by atoms with Gasteiger partial charge in [-0.05, 0) is 12.1 Å². The molecule has 3 aromatic heterocycles. The molecule has 0 N–H and O–H groups in total. The Morgan fingerprint density at radius 2 is 2.11 bits per heavy atom. The summed E-state index contributed by atoms with van der Waals surface area (Å²) >= 11 is 0. The summed E-state index contributed by atoms with van der Waals surface area (Å²) in [6.07, 6.45) is 8.62. The molecule has 0 bridgehead atoms. The van der Waals surface area contributed by atoms with Gasteiger partial charge in [-0.15, -0.1) is 0 Å². The number of hydrogen-bond donors (Lipinski definition) is 0. The van der Waals surface area contributed by atoms with E-state index in [0.29, 0.717) is 17.2 Å². The summed E-state index contributed by atoms with van der Waals surface area (Å²) in [5.74, 6) is 0.412. The van der Waals surface area contributed by atoms with Gasteiger partial charge in [0, 0.05) is 24.2 Å². The molecule has 0 amide bonds. The molecule has 18 heavy (non-hydrogen) atoms. The Morgan fingerprint density at radius 1 is 1.28 bits per heavy atom. The summed E-state index contributed by atoms with van der Waals surface area (Å²) in [6, 6.07) is 3.45. The number of nitrogens with zero attached hydrogens (tertiary/aromatic N) is 4. The van der Waals surface area contributed by atoms with E-state index in [2.05, 4.69) is 15.1 Å². The number of furan rings is 1. The van der Waals surface area contributed by atoms with Crippen LogP contribution in [0.1, 0.15) is 10.4 Å². The van der Waals surface area contributed by atoms with Gasteiger partial charge in [-0.3, -0.25) is 4.79 Å². The maximum absolute atomic E-state index is 11.0. The van der Waals surface area contributed by atoms with E-state index in [0.717, 1.165) is 11.8 Å². The Hall–Kier alpha value is -2.76. The minimum atomic E-state index is 0.412. The van der Waals surface area contributed by atoms with Gasteiger partial charge in [0.15, 0.2) is 6.29 Å². The molecule has 3 rings (SSSR count). The summed E-state index contributed by atoms with van der Waals surface area (Å²) in [5.41, 5.74) is 1.75. The van der Waals surface area contributed by atoms with E-state index >= 15 is 0 Å². The standard InChI is InChI=1S/C12H8N4O2/c17-7-10-6-16(12-13-3-1-4-14-12)15-11(10)9-2-5-18-8-9/h1-8H. The van der Waals surface area contributed by atoms with Crippen molar-refractivity contribution >= 4 is 6.29 Å². The van der Waals surface area contributed by atoms with Crippen LogP contribution >= 0.6 is 0 Å². The SMILES string of the molecule is O=Cc1cn(-c2ncccn2)nc1-c1ccoc1. The third-order valence-corrected chi connectivity index (χ3v) is 2.42. The van der Waals surface area contributed by atoms with Gasteiger partial charge in [0.25, 0.3) is 0 Å². The Kier molecular flexibility index (Phi) is 2.45. The van der Waals surface area contributed by atoms with E-state index in [9.17, 15) is 4.79 Å². The van der Waals surface area contributed by atoms with E-state index in [1.165, 1.54) is 17.2 Å². The molecular weight excluding hydrogens is 232 g/mol. The van der Waals surface area contributed by atoms with Crippen molar-refractivity contribution in [1.29, 1.82) is 0 Å². The van der Waals surface area contributed by atoms with Crippen LogP contribution in [0.25, 0.3) is 17.2 Å². The van der Waals surface area contributed by atoms with E-state index in [1.54, 1.807) is 30.7 Å². The molecule has 0 aliphatic rings. The first-order valence-electron chi connectivity index (χ1n) is 5.23. The van der Waals surface area contributed by atoms with Gasteiger partial charge in [0.2, 0.25) is 5.95 Å². The fraction of sp³-hybridized carbons (Fsp3) is 0. The first kappa shape index (κ1) is 10.4. The lowest BCUT2D eigenvalue weighted by molar-refractivity contribution is 0.112. The topological polar surface area (TPSA) is 73.8 Å². The van der Waals surface area contributed by atoms with Crippen LogP contribution in [-0.4, -0.2) is 26.0 Å². The molecule has 88 valence electrons. The highest BCUT2D eigenvalue weighted by Gasteiger charge is 2.13. The summed E-state index contributed by atoms with van der Waals surface area (Å²) < 4.78 is 6.45. The first-order chi connectivity index (χ1) is 8.88. The number of aromatic nitrogens is 4. The average Bonchev–Trinajstić information content (AvgIpc) is 3.08. The third kappa shape index (κ3) is 1.69. The van der Waals surface area contributed by atoms with Crippen molar-refractivity contribution in [3.63, 3.8) is 0 Å². The number of carbonyl (C=O) groups excluding carboxylic acids is 1. The molecule has 3 heterocycles. The van der Waals surface area contributed by atoms with E-state index < -0.39 is 0 Å². The van der Waals surface area contributed by atoms with Crippen molar-refractivity contribution in [3.05, 3.63) is 48.8 Å². The van der Waals surface area contributed by atoms with E-state index in [-0.39, 0.29) is 0 Å². The molecule has 0 saturated heterocycles. The second kappa shape index (κ2) is 4.25. The van der Waals surface area contributed by atoms with Crippen molar-refractivity contribution in [3.8, 4) is 17.2 Å². The van der Waals surface area contributed by atoms with Crippen molar-refractivity contribution in [1.82, 2.24) is 19.7 Å². The lowest BCUT2D eigenvalue weighted by Gasteiger charge is -1.96. The highest BCUT2D eigenvalue weighted by Crippen LogP contribution is 2.21. The van der Waals surface area contributed by atoms with Crippen LogP contribution in [0.3, 0.4) is 0 Å². The molecule has 0 fully saturated rings. The van der Waals surface area contributed by atoms with Gasteiger partial charge < -0.3 is 4.42 Å². The number of aldehydes is 1. The molecule has 0 unspecified atom stereocenters. The van der Waals surface area contributed by atoms with Gasteiger partial charge in [-0.25, -0.2) is 14.6 Å². The highest BCUT2D eigenvalue weighted by molar-refractivity contribution is 5.85. The molecule has 3 aromatic rings. The Labute approximate surface area is 102 Å². The van der Waals surface area contributed by atoms with Crippen molar-refractivity contribution in [2.45, 2.75) is 0 Å². The zero-order valence-electron chi connectivity index (χ0n) is 9.22. The van der Waals surface area contributed by atoms with Crippen molar-refractivity contribution < 1.29 is 9.21 Å². The molecule has 6 nitrogen and oxygen atoms in total. The quantitative estimate of drug-likeness (QED) is 0.652. The third-order valence-electron chi connectivity index (χ3n) is 2.42. The maximum atomic E-state index is 11.0. The average molecular weight is 240 g/mol. The van der Waals surface area contributed by atoms with Crippen LogP contribution in [0, 0.1) is 0 Å². The smallest absolute Gasteiger partial charge is 0.250 e. The lowest BCUT2D eigenvalue weighted by Crippen LogP contribution is -2.00. The van der Waals surface area contributed by atoms with Crippen LogP contribution in [0.5, 0.6) is 0 Å². The van der Waals surface area contributed by atoms with Crippen molar-refractivity contribution in [2.24, 2.45) is 0 Å². The normalized spacial score (nSPS) is 10.4. The Bertz CT molecular complexity index is 659. The highest BCUT2D eigenvalue weighted by atomic mass is 16.3. The summed E-state index contributed by atoms with van der Waals surface area (Å²) in [7, 11) is 0.